The maximum Gasteiger partial charge on any atom is 0.357 e. The molecular formula is C25H30N2O6S. The largest absolute Gasteiger partial charge is 0.466 e. The van der Waals surface area contributed by atoms with Gasteiger partial charge in [-0.25, -0.2) is 14.6 Å². The van der Waals surface area contributed by atoms with E-state index >= 15 is 0 Å². The first-order valence-electron chi connectivity index (χ1n) is 11.3. The molecule has 0 fully saturated rings. The maximum absolute atomic E-state index is 13.5. The van der Waals surface area contributed by atoms with Crippen LogP contribution in [-0.2, 0) is 29.3 Å². The van der Waals surface area contributed by atoms with Gasteiger partial charge in [0.1, 0.15) is 5.01 Å². The van der Waals surface area contributed by atoms with Crippen molar-refractivity contribution in [3.8, 4) is 0 Å². The van der Waals surface area contributed by atoms with E-state index < -0.39 is 35.3 Å². The number of thiazole rings is 1. The van der Waals surface area contributed by atoms with Crippen molar-refractivity contribution in [1.82, 2.24) is 10.3 Å². The normalized spacial score (nSPS) is 22.0. The quantitative estimate of drug-likeness (QED) is 0.442. The second-order valence-electron chi connectivity index (χ2n) is 7.95. The van der Waals surface area contributed by atoms with Gasteiger partial charge in [0.25, 0.3) is 0 Å². The molecule has 182 valence electrons. The smallest absolute Gasteiger partial charge is 0.357 e. The fourth-order valence-electron chi connectivity index (χ4n) is 4.39. The predicted molar refractivity (Wildman–Crippen MR) is 127 cm³/mol. The molecule has 3 unspecified atom stereocenters. The van der Waals surface area contributed by atoms with E-state index in [1.54, 1.807) is 33.1 Å². The molecule has 34 heavy (non-hydrogen) atoms. The van der Waals surface area contributed by atoms with Gasteiger partial charge in [-0.1, -0.05) is 30.3 Å². The van der Waals surface area contributed by atoms with Crippen molar-refractivity contribution in [3.63, 3.8) is 0 Å². The third kappa shape index (κ3) is 4.84. The second kappa shape index (κ2) is 10.8. The number of benzene rings is 1. The van der Waals surface area contributed by atoms with Crippen molar-refractivity contribution < 1.29 is 28.6 Å². The molecule has 3 rings (SSSR count). The SMILES string of the molecule is CCOC(=O)C1=C(C)NC(C)(c2ccccc2)C(C(=O)OCC)C1c1nc(C(=O)OCC)cs1. The van der Waals surface area contributed by atoms with Crippen LogP contribution in [0.15, 0.2) is 47.0 Å². The lowest BCUT2D eigenvalue weighted by Crippen LogP contribution is -2.55. The van der Waals surface area contributed by atoms with Crippen LogP contribution in [0.2, 0.25) is 0 Å². The minimum absolute atomic E-state index is 0.130. The van der Waals surface area contributed by atoms with Crippen LogP contribution in [0, 0.1) is 5.92 Å². The van der Waals surface area contributed by atoms with Gasteiger partial charge in [0, 0.05) is 11.1 Å². The van der Waals surface area contributed by atoms with Crippen LogP contribution in [0.3, 0.4) is 0 Å². The van der Waals surface area contributed by atoms with E-state index in [0.717, 1.165) is 5.56 Å². The molecule has 3 atom stereocenters. The van der Waals surface area contributed by atoms with Gasteiger partial charge in [-0.3, -0.25) is 4.79 Å². The maximum atomic E-state index is 13.5. The lowest BCUT2D eigenvalue weighted by atomic mass is 9.67. The van der Waals surface area contributed by atoms with Gasteiger partial charge in [-0.15, -0.1) is 11.3 Å². The van der Waals surface area contributed by atoms with Crippen LogP contribution in [0.5, 0.6) is 0 Å². The van der Waals surface area contributed by atoms with Gasteiger partial charge >= 0.3 is 17.9 Å². The lowest BCUT2D eigenvalue weighted by Gasteiger charge is -2.46. The Bertz CT molecular complexity index is 1080. The van der Waals surface area contributed by atoms with Crippen molar-refractivity contribution in [2.24, 2.45) is 5.92 Å². The molecule has 0 radical (unpaired) electrons. The molecule has 0 amide bonds. The topological polar surface area (TPSA) is 104 Å². The summed E-state index contributed by atoms with van der Waals surface area (Å²) in [5.41, 5.74) is 0.919. The van der Waals surface area contributed by atoms with Crippen LogP contribution in [0.4, 0.5) is 0 Å². The summed E-state index contributed by atoms with van der Waals surface area (Å²) in [6.07, 6.45) is 0. The average Bonchev–Trinajstić information content (AvgIpc) is 3.30. The summed E-state index contributed by atoms with van der Waals surface area (Å²) in [4.78, 5) is 43.4. The lowest BCUT2D eigenvalue weighted by molar-refractivity contribution is -0.152. The van der Waals surface area contributed by atoms with Crippen LogP contribution in [0.1, 0.15) is 61.6 Å². The molecule has 0 saturated heterocycles. The van der Waals surface area contributed by atoms with Gasteiger partial charge in [-0.05, 0) is 40.2 Å². The highest BCUT2D eigenvalue weighted by Gasteiger charge is 2.54. The molecule has 2 aromatic rings. The summed E-state index contributed by atoms with van der Waals surface area (Å²) in [5.74, 6) is -3.24. The first kappa shape index (κ1) is 25.4. The number of nitrogens with one attached hydrogen (secondary N) is 1. The monoisotopic (exact) mass is 486 g/mol. The van der Waals surface area contributed by atoms with Crippen LogP contribution in [-0.4, -0.2) is 42.7 Å². The Morgan fingerprint density at radius 2 is 1.62 bits per heavy atom. The fourth-order valence-corrected chi connectivity index (χ4v) is 5.32. The number of aromatic nitrogens is 1. The van der Waals surface area contributed by atoms with Crippen LogP contribution < -0.4 is 5.32 Å². The van der Waals surface area contributed by atoms with Gasteiger partial charge < -0.3 is 19.5 Å². The molecule has 2 heterocycles. The Labute approximate surface area is 203 Å². The summed E-state index contributed by atoms with van der Waals surface area (Å²) < 4.78 is 15.9. The molecule has 0 spiro atoms. The predicted octanol–water partition coefficient (Wildman–Crippen LogP) is 3.94. The van der Waals surface area contributed by atoms with Crippen molar-refractivity contribution in [3.05, 3.63) is 63.2 Å². The molecule has 0 saturated carbocycles. The third-order valence-electron chi connectivity index (χ3n) is 5.80. The van der Waals surface area contributed by atoms with E-state index in [-0.39, 0.29) is 31.1 Å². The average molecular weight is 487 g/mol. The van der Waals surface area contributed by atoms with Crippen LogP contribution >= 0.6 is 11.3 Å². The summed E-state index contributed by atoms with van der Waals surface area (Å²) >= 11 is 1.20. The van der Waals surface area contributed by atoms with E-state index in [0.29, 0.717) is 10.7 Å². The molecule has 8 nitrogen and oxygen atoms in total. The van der Waals surface area contributed by atoms with Crippen molar-refractivity contribution in [1.29, 1.82) is 0 Å². The molecule has 1 aromatic carbocycles. The highest BCUT2D eigenvalue weighted by molar-refractivity contribution is 7.10. The number of rotatable bonds is 8. The number of carbonyl (C=O) groups excluding carboxylic acids is 3. The minimum Gasteiger partial charge on any atom is -0.466 e. The van der Waals surface area contributed by atoms with Gasteiger partial charge in [0.05, 0.1) is 42.8 Å². The molecular weight excluding hydrogens is 456 g/mol. The highest BCUT2D eigenvalue weighted by atomic mass is 32.1. The summed E-state index contributed by atoms with van der Waals surface area (Å²) in [7, 11) is 0. The Hall–Kier alpha value is -3.20. The van der Waals surface area contributed by atoms with Crippen molar-refractivity contribution in [2.75, 3.05) is 19.8 Å². The van der Waals surface area contributed by atoms with E-state index in [1.807, 2.05) is 37.3 Å². The Morgan fingerprint density at radius 1 is 1.00 bits per heavy atom. The zero-order valence-corrected chi connectivity index (χ0v) is 20.9. The number of hydrogen-bond donors (Lipinski definition) is 1. The highest BCUT2D eigenvalue weighted by Crippen LogP contribution is 2.49. The molecule has 0 bridgehead atoms. The molecule has 0 aliphatic carbocycles. The van der Waals surface area contributed by atoms with E-state index in [9.17, 15) is 14.4 Å². The first-order chi connectivity index (χ1) is 16.3. The van der Waals surface area contributed by atoms with Crippen molar-refractivity contribution >= 4 is 29.2 Å². The summed E-state index contributed by atoms with van der Waals surface area (Å²) in [6.45, 7) is 9.42. The number of nitrogens with zero attached hydrogens (tertiary/aromatic N) is 1. The summed E-state index contributed by atoms with van der Waals surface area (Å²) in [5, 5.41) is 5.42. The number of ether oxygens (including phenoxy) is 3. The zero-order chi connectivity index (χ0) is 24.9. The number of esters is 3. The third-order valence-corrected chi connectivity index (χ3v) is 6.73. The molecule has 1 N–H and O–H groups in total. The van der Waals surface area contributed by atoms with E-state index in [2.05, 4.69) is 10.3 Å². The van der Waals surface area contributed by atoms with E-state index in [4.69, 9.17) is 14.2 Å². The second-order valence-corrected chi connectivity index (χ2v) is 8.84. The minimum atomic E-state index is -0.923. The first-order valence-corrected chi connectivity index (χ1v) is 12.2. The Morgan fingerprint density at radius 3 is 2.24 bits per heavy atom. The van der Waals surface area contributed by atoms with Crippen molar-refractivity contribution in [2.45, 2.75) is 46.1 Å². The van der Waals surface area contributed by atoms with Gasteiger partial charge in [0.15, 0.2) is 5.69 Å². The number of carbonyl (C=O) groups is 3. The standard InChI is InChI=1S/C25H30N2O6S/c1-6-31-22(28)17-14-34-21(26-17)19-18(23(29)32-7-2)15(4)27-25(5,16-12-10-9-11-13-16)20(19)24(30)33-8-3/h9-14,19-20,27H,6-8H2,1-5H3. The van der Waals surface area contributed by atoms with Crippen LogP contribution in [0.25, 0.3) is 0 Å². The van der Waals surface area contributed by atoms with E-state index in [1.165, 1.54) is 11.3 Å². The van der Waals surface area contributed by atoms with Gasteiger partial charge in [0.2, 0.25) is 0 Å². The Kier molecular flexibility index (Phi) is 8.09. The summed E-state index contributed by atoms with van der Waals surface area (Å²) in [6, 6.07) is 9.52. The molecule has 1 aliphatic heterocycles. The number of allylic oxidation sites excluding steroid dienone is 1. The number of hydrogen-bond acceptors (Lipinski definition) is 9. The Balaban J connectivity index is 2.25. The fraction of sp³-hybridized carbons (Fsp3) is 0.440. The van der Waals surface area contributed by atoms with Gasteiger partial charge in [-0.2, -0.15) is 0 Å². The molecule has 1 aliphatic rings. The zero-order valence-electron chi connectivity index (χ0n) is 20.0. The molecule has 1 aromatic heterocycles. The molecule has 9 heteroatoms.